The fraction of sp³-hybridized carbons (Fsp3) is 0.533. The van der Waals surface area contributed by atoms with Crippen molar-refractivity contribution in [2.45, 2.75) is 39.7 Å². The predicted molar refractivity (Wildman–Crippen MR) is 75.3 cm³/mol. The van der Waals surface area contributed by atoms with E-state index in [4.69, 9.17) is 5.73 Å². The van der Waals surface area contributed by atoms with E-state index in [-0.39, 0.29) is 17.9 Å². The molecule has 0 saturated carbocycles. The van der Waals surface area contributed by atoms with Crippen LogP contribution in [0.15, 0.2) is 24.3 Å². The van der Waals surface area contributed by atoms with Gasteiger partial charge in [0.2, 0.25) is 5.91 Å². The molecule has 0 aromatic heterocycles. The highest BCUT2D eigenvalue weighted by Crippen LogP contribution is 2.10. The first-order valence-electron chi connectivity index (χ1n) is 6.63. The van der Waals surface area contributed by atoms with Crippen LogP contribution in [0.2, 0.25) is 0 Å². The van der Waals surface area contributed by atoms with Crippen LogP contribution in [0, 0.1) is 12.8 Å². The molecule has 0 aliphatic heterocycles. The molecule has 0 saturated heterocycles. The summed E-state index contributed by atoms with van der Waals surface area (Å²) >= 11 is 0. The molecular weight excluding hydrogens is 224 g/mol. The Morgan fingerprint density at radius 3 is 2.61 bits per heavy atom. The highest BCUT2D eigenvalue weighted by molar-refractivity contribution is 5.79. The predicted octanol–water partition coefficient (Wildman–Crippen LogP) is 2.03. The van der Waals surface area contributed by atoms with Crippen LogP contribution < -0.4 is 11.1 Å². The molecule has 3 heteroatoms. The van der Waals surface area contributed by atoms with Gasteiger partial charge in [-0.15, -0.1) is 0 Å². The molecule has 2 atom stereocenters. The third-order valence-corrected chi connectivity index (χ3v) is 3.32. The minimum Gasteiger partial charge on any atom is -0.353 e. The first-order valence-corrected chi connectivity index (χ1v) is 6.63. The molecule has 100 valence electrons. The van der Waals surface area contributed by atoms with E-state index in [1.165, 1.54) is 11.1 Å². The molecule has 0 spiro atoms. The molecule has 3 N–H and O–H groups in total. The molecule has 0 bridgehead atoms. The normalized spacial score (nSPS) is 14.0. The molecular formula is C15H24N2O. The minimum atomic E-state index is -0.0654. The molecule has 0 heterocycles. The topological polar surface area (TPSA) is 55.1 Å². The summed E-state index contributed by atoms with van der Waals surface area (Å²) in [7, 11) is 0. The summed E-state index contributed by atoms with van der Waals surface area (Å²) in [6, 6.07) is 8.41. The third kappa shape index (κ3) is 4.15. The molecule has 2 unspecified atom stereocenters. The number of hydrogen-bond donors (Lipinski definition) is 2. The lowest BCUT2D eigenvalue weighted by atomic mass is 10.0. The lowest BCUT2D eigenvalue weighted by Crippen LogP contribution is -2.40. The standard InChI is InChI=1S/C15H24N2O/c1-4-13(10-16)15(18)17-12(3)9-14-8-6-5-7-11(14)2/h5-8,12-13H,4,9-10,16H2,1-3H3,(H,17,18). The zero-order valence-electron chi connectivity index (χ0n) is 11.6. The van der Waals surface area contributed by atoms with Gasteiger partial charge in [0.05, 0.1) is 0 Å². The lowest BCUT2D eigenvalue weighted by molar-refractivity contribution is -0.125. The Morgan fingerprint density at radius 1 is 1.39 bits per heavy atom. The third-order valence-electron chi connectivity index (χ3n) is 3.32. The number of carbonyl (C=O) groups is 1. The Balaban J connectivity index is 2.54. The van der Waals surface area contributed by atoms with Gasteiger partial charge >= 0.3 is 0 Å². The fourth-order valence-corrected chi connectivity index (χ4v) is 2.04. The van der Waals surface area contributed by atoms with Crippen LogP contribution in [0.1, 0.15) is 31.4 Å². The summed E-state index contributed by atoms with van der Waals surface area (Å²) in [6.45, 7) is 6.54. The Bertz CT molecular complexity index is 386. The summed E-state index contributed by atoms with van der Waals surface area (Å²) in [5.41, 5.74) is 8.13. The van der Waals surface area contributed by atoms with Crippen molar-refractivity contribution in [3.63, 3.8) is 0 Å². The van der Waals surface area contributed by atoms with E-state index >= 15 is 0 Å². The highest BCUT2D eigenvalue weighted by atomic mass is 16.1. The average molecular weight is 248 g/mol. The van der Waals surface area contributed by atoms with Gasteiger partial charge in [-0.3, -0.25) is 4.79 Å². The molecule has 1 aromatic carbocycles. The second-order valence-electron chi connectivity index (χ2n) is 4.88. The SMILES string of the molecule is CCC(CN)C(=O)NC(C)Cc1ccccc1C. The second-order valence-corrected chi connectivity index (χ2v) is 4.88. The number of hydrogen-bond acceptors (Lipinski definition) is 2. The first kappa shape index (κ1) is 14.7. The van der Waals surface area contributed by atoms with Crippen LogP contribution in [0.5, 0.6) is 0 Å². The van der Waals surface area contributed by atoms with Gasteiger partial charge in [0.15, 0.2) is 0 Å². The first-order chi connectivity index (χ1) is 8.58. The molecule has 3 nitrogen and oxygen atoms in total. The number of rotatable bonds is 6. The maximum Gasteiger partial charge on any atom is 0.224 e. The number of benzene rings is 1. The summed E-state index contributed by atoms with van der Waals surface area (Å²) < 4.78 is 0. The molecule has 1 rings (SSSR count). The monoisotopic (exact) mass is 248 g/mol. The molecule has 1 aromatic rings. The van der Waals surface area contributed by atoms with E-state index in [1.807, 2.05) is 26.0 Å². The van der Waals surface area contributed by atoms with Gasteiger partial charge < -0.3 is 11.1 Å². The number of nitrogens with two attached hydrogens (primary N) is 1. The summed E-state index contributed by atoms with van der Waals surface area (Å²) in [5, 5.41) is 3.04. The summed E-state index contributed by atoms with van der Waals surface area (Å²) in [6.07, 6.45) is 1.65. The summed E-state index contributed by atoms with van der Waals surface area (Å²) in [4.78, 5) is 11.9. The molecule has 0 aliphatic rings. The maximum absolute atomic E-state index is 11.9. The van der Waals surface area contributed by atoms with Crippen molar-refractivity contribution in [1.82, 2.24) is 5.32 Å². The van der Waals surface area contributed by atoms with Crippen LogP contribution in [0.25, 0.3) is 0 Å². The molecule has 1 amide bonds. The van der Waals surface area contributed by atoms with Crippen molar-refractivity contribution in [3.8, 4) is 0 Å². The molecule has 0 fully saturated rings. The summed E-state index contributed by atoms with van der Waals surface area (Å²) in [5.74, 6) is 0.00500. The lowest BCUT2D eigenvalue weighted by Gasteiger charge is -2.19. The van der Waals surface area contributed by atoms with Gasteiger partial charge in [0.25, 0.3) is 0 Å². The Morgan fingerprint density at radius 2 is 2.06 bits per heavy atom. The van der Waals surface area contributed by atoms with Crippen molar-refractivity contribution in [2.24, 2.45) is 11.7 Å². The average Bonchev–Trinajstić information content (AvgIpc) is 2.33. The molecule has 0 aliphatic carbocycles. The van der Waals surface area contributed by atoms with Crippen molar-refractivity contribution in [2.75, 3.05) is 6.54 Å². The van der Waals surface area contributed by atoms with Crippen LogP contribution in [-0.2, 0) is 11.2 Å². The quantitative estimate of drug-likeness (QED) is 0.809. The van der Waals surface area contributed by atoms with E-state index in [0.29, 0.717) is 6.54 Å². The minimum absolute atomic E-state index is 0.0654. The zero-order chi connectivity index (χ0) is 13.5. The van der Waals surface area contributed by atoms with E-state index in [1.54, 1.807) is 0 Å². The van der Waals surface area contributed by atoms with Crippen molar-refractivity contribution in [3.05, 3.63) is 35.4 Å². The van der Waals surface area contributed by atoms with Gasteiger partial charge in [0, 0.05) is 18.5 Å². The fourth-order valence-electron chi connectivity index (χ4n) is 2.04. The number of nitrogens with one attached hydrogen (secondary N) is 1. The van der Waals surface area contributed by atoms with E-state index in [9.17, 15) is 4.79 Å². The maximum atomic E-state index is 11.9. The van der Waals surface area contributed by atoms with E-state index in [2.05, 4.69) is 24.4 Å². The Labute approximate surface area is 110 Å². The Hall–Kier alpha value is -1.35. The zero-order valence-corrected chi connectivity index (χ0v) is 11.6. The van der Waals surface area contributed by atoms with Gasteiger partial charge in [-0.2, -0.15) is 0 Å². The number of carbonyl (C=O) groups excluding carboxylic acids is 1. The second kappa shape index (κ2) is 7.17. The largest absolute Gasteiger partial charge is 0.353 e. The number of aryl methyl sites for hydroxylation is 1. The van der Waals surface area contributed by atoms with Crippen molar-refractivity contribution >= 4 is 5.91 Å². The van der Waals surface area contributed by atoms with Gasteiger partial charge in [-0.05, 0) is 37.8 Å². The number of amides is 1. The van der Waals surface area contributed by atoms with Crippen LogP contribution in [0.3, 0.4) is 0 Å². The van der Waals surface area contributed by atoms with Crippen LogP contribution >= 0.6 is 0 Å². The van der Waals surface area contributed by atoms with Gasteiger partial charge in [0.1, 0.15) is 0 Å². The van der Waals surface area contributed by atoms with Crippen molar-refractivity contribution < 1.29 is 4.79 Å². The highest BCUT2D eigenvalue weighted by Gasteiger charge is 2.16. The smallest absolute Gasteiger partial charge is 0.224 e. The van der Waals surface area contributed by atoms with Crippen LogP contribution in [-0.4, -0.2) is 18.5 Å². The Kier molecular flexibility index (Phi) is 5.86. The molecule has 18 heavy (non-hydrogen) atoms. The molecule has 0 radical (unpaired) electrons. The van der Waals surface area contributed by atoms with Gasteiger partial charge in [-0.25, -0.2) is 0 Å². The van der Waals surface area contributed by atoms with E-state index < -0.39 is 0 Å². The van der Waals surface area contributed by atoms with Gasteiger partial charge in [-0.1, -0.05) is 31.2 Å². The van der Waals surface area contributed by atoms with Crippen molar-refractivity contribution in [1.29, 1.82) is 0 Å². The van der Waals surface area contributed by atoms with E-state index in [0.717, 1.165) is 12.8 Å². The van der Waals surface area contributed by atoms with Crippen LogP contribution in [0.4, 0.5) is 0 Å².